The molecule has 0 saturated carbocycles. The molecule has 2 aromatic carbocycles. The van der Waals surface area contributed by atoms with E-state index in [9.17, 15) is 14.7 Å². The maximum absolute atomic E-state index is 12.4. The second kappa shape index (κ2) is 7.11. The number of hydrogen-bond donors (Lipinski definition) is 1. The summed E-state index contributed by atoms with van der Waals surface area (Å²) < 4.78 is 22.0. The molecule has 0 aliphatic carbocycles. The third kappa shape index (κ3) is 3.32. The van der Waals surface area contributed by atoms with Gasteiger partial charge in [-0.1, -0.05) is 36.4 Å². The van der Waals surface area contributed by atoms with Crippen molar-refractivity contribution in [3.8, 4) is 0 Å². The predicted octanol–water partition coefficient (Wildman–Crippen LogP) is 1.56. The number of carbonyl (C=O) groups excluding carboxylic acids is 2. The van der Waals surface area contributed by atoms with Crippen LogP contribution in [0.15, 0.2) is 60.7 Å². The molecule has 140 valence electrons. The Morgan fingerprint density at radius 1 is 0.889 bits per heavy atom. The highest BCUT2D eigenvalue weighted by Gasteiger charge is 2.60. The van der Waals surface area contributed by atoms with Crippen molar-refractivity contribution in [2.45, 2.75) is 24.1 Å². The fourth-order valence-corrected chi connectivity index (χ4v) is 3.17. The van der Waals surface area contributed by atoms with Crippen LogP contribution in [0.4, 0.5) is 0 Å². The molecule has 1 N–H and O–H groups in total. The fraction of sp³-hybridized carbons (Fsp3) is 0.300. The van der Waals surface area contributed by atoms with Crippen LogP contribution >= 0.6 is 0 Å². The van der Waals surface area contributed by atoms with Crippen LogP contribution in [0.5, 0.6) is 0 Å². The van der Waals surface area contributed by atoms with Crippen molar-refractivity contribution in [2.75, 3.05) is 13.2 Å². The van der Waals surface area contributed by atoms with Gasteiger partial charge in [0.15, 0.2) is 18.0 Å². The van der Waals surface area contributed by atoms with E-state index in [4.69, 9.17) is 18.9 Å². The number of benzene rings is 2. The van der Waals surface area contributed by atoms with Crippen LogP contribution in [0.25, 0.3) is 0 Å². The molecule has 5 rings (SSSR count). The standard InChI is InChI=1S/C20H18O7/c21-16-15(26-17(22)13-7-3-1-4-8-13)19-24-11-20(16,12-25-19)27-18(23)14-9-5-2-6-10-14/h1-10,15-16,19,21H,11-12H2/t15-,16+,19?,20?/m1/s1. The first-order chi connectivity index (χ1) is 13.1. The highest BCUT2D eigenvalue weighted by atomic mass is 16.7. The second-order valence-electron chi connectivity index (χ2n) is 6.49. The topological polar surface area (TPSA) is 91.3 Å². The Morgan fingerprint density at radius 2 is 1.41 bits per heavy atom. The Kier molecular flexibility index (Phi) is 4.65. The summed E-state index contributed by atoms with van der Waals surface area (Å²) in [7, 11) is 0. The van der Waals surface area contributed by atoms with Gasteiger partial charge in [-0.3, -0.25) is 0 Å². The summed E-state index contributed by atoms with van der Waals surface area (Å²) in [6.45, 7) is -0.0897. The van der Waals surface area contributed by atoms with Crippen molar-refractivity contribution in [1.29, 1.82) is 0 Å². The van der Waals surface area contributed by atoms with Crippen LogP contribution in [0.3, 0.4) is 0 Å². The normalized spacial score (nSPS) is 29.1. The monoisotopic (exact) mass is 370 g/mol. The Bertz CT molecular complexity index is 813. The van der Waals surface area contributed by atoms with Crippen LogP contribution in [0.2, 0.25) is 0 Å². The lowest BCUT2D eigenvalue weighted by Crippen LogP contribution is -2.71. The van der Waals surface area contributed by atoms with Crippen LogP contribution in [-0.4, -0.2) is 54.4 Å². The fourth-order valence-electron chi connectivity index (χ4n) is 3.17. The van der Waals surface area contributed by atoms with Gasteiger partial charge < -0.3 is 24.1 Å². The van der Waals surface area contributed by atoms with Crippen molar-refractivity contribution >= 4 is 11.9 Å². The third-order valence-corrected chi connectivity index (χ3v) is 4.66. The number of hydrogen-bond acceptors (Lipinski definition) is 7. The molecule has 0 radical (unpaired) electrons. The number of rotatable bonds is 4. The predicted molar refractivity (Wildman–Crippen MR) is 91.9 cm³/mol. The molecule has 3 heterocycles. The van der Waals surface area contributed by atoms with E-state index in [-0.39, 0.29) is 13.2 Å². The largest absolute Gasteiger partial charge is 0.450 e. The van der Waals surface area contributed by atoms with Gasteiger partial charge in [-0.25, -0.2) is 9.59 Å². The molecule has 3 aliphatic heterocycles. The Hall–Kier alpha value is -2.74. The number of carbonyl (C=O) groups is 2. The quantitative estimate of drug-likeness (QED) is 0.817. The summed E-state index contributed by atoms with van der Waals surface area (Å²) in [5.74, 6) is -1.24. The maximum atomic E-state index is 12.4. The van der Waals surface area contributed by atoms with Gasteiger partial charge in [0, 0.05) is 0 Å². The lowest BCUT2D eigenvalue weighted by atomic mass is 9.88. The average Bonchev–Trinajstić information content (AvgIpc) is 2.72. The highest BCUT2D eigenvalue weighted by Crippen LogP contribution is 2.37. The van der Waals surface area contributed by atoms with Gasteiger partial charge in [0.2, 0.25) is 0 Å². The average molecular weight is 370 g/mol. The van der Waals surface area contributed by atoms with Crippen molar-refractivity contribution in [1.82, 2.24) is 0 Å². The van der Waals surface area contributed by atoms with Crippen LogP contribution in [0.1, 0.15) is 20.7 Å². The van der Waals surface area contributed by atoms with E-state index < -0.39 is 36.0 Å². The molecule has 7 nitrogen and oxygen atoms in total. The number of ether oxygens (including phenoxy) is 4. The van der Waals surface area contributed by atoms with Crippen LogP contribution < -0.4 is 0 Å². The number of fused-ring (bicyclic) bond motifs is 3. The van der Waals surface area contributed by atoms with Crippen molar-refractivity contribution in [3.63, 3.8) is 0 Å². The number of aliphatic hydroxyl groups is 1. The Morgan fingerprint density at radius 3 is 1.96 bits per heavy atom. The van der Waals surface area contributed by atoms with E-state index in [0.717, 1.165) is 0 Å². The number of esters is 2. The maximum Gasteiger partial charge on any atom is 0.338 e. The first-order valence-electron chi connectivity index (χ1n) is 8.55. The third-order valence-electron chi connectivity index (χ3n) is 4.66. The van der Waals surface area contributed by atoms with Gasteiger partial charge in [0.1, 0.15) is 6.10 Å². The Balaban J connectivity index is 1.51. The molecule has 3 fully saturated rings. The van der Waals surface area contributed by atoms with Crippen molar-refractivity contribution < 1.29 is 33.6 Å². The van der Waals surface area contributed by atoms with E-state index >= 15 is 0 Å². The first kappa shape index (κ1) is 17.7. The molecule has 3 aliphatic rings. The summed E-state index contributed by atoms with van der Waals surface area (Å²) in [6, 6.07) is 16.8. The SMILES string of the molecule is O=C(O[C@H]1C2OCC(OC(=O)c3ccccc3)(CO2)[C@H]1O)c1ccccc1. The van der Waals surface area contributed by atoms with E-state index in [1.807, 2.05) is 0 Å². The Labute approximate surface area is 155 Å². The van der Waals surface area contributed by atoms with Crippen molar-refractivity contribution in [3.05, 3.63) is 71.8 Å². The molecule has 27 heavy (non-hydrogen) atoms. The molecule has 2 bridgehead atoms. The summed E-state index contributed by atoms with van der Waals surface area (Å²) in [5, 5.41) is 10.8. The van der Waals surface area contributed by atoms with E-state index in [1.165, 1.54) is 0 Å². The van der Waals surface area contributed by atoms with Crippen LogP contribution in [0, 0.1) is 0 Å². The molecule has 0 spiro atoms. The van der Waals surface area contributed by atoms with E-state index in [0.29, 0.717) is 11.1 Å². The minimum Gasteiger partial charge on any atom is -0.450 e. The zero-order valence-corrected chi connectivity index (χ0v) is 14.3. The summed E-state index contributed by atoms with van der Waals surface area (Å²) in [5.41, 5.74) is -0.769. The van der Waals surface area contributed by atoms with Gasteiger partial charge in [0.25, 0.3) is 0 Å². The molecule has 3 saturated heterocycles. The second-order valence-corrected chi connectivity index (χ2v) is 6.49. The molecule has 0 aromatic heterocycles. The van der Waals surface area contributed by atoms with Gasteiger partial charge in [-0.15, -0.1) is 0 Å². The highest BCUT2D eigenvalue weighted by molar-refractivity contribution is 5.90. The molecule has 0 amide bonds. The summed E-state index contributed by atoms with van der Waals surface area (Å²) in [6.07, 6.45) is -3.29. The summed E-state index contributed by atoms with van der Waals surface area (Å²) >= 11 is 0. The minimum atomic E-state index is -1.44. The zero-order valence-electron chi connectivity index (χ0n) is 14.3. The molecule has 7 heteroatoms. The lowest BCUT2D eigenvalue weighted by Gasteiger charge is -2.51. The van der Waals surface area contributed by atoms with Gasteiger partial charge >= 0.3 is 11.9 Å². The lowest BCUT2D eigenvalue weighted by molar-refractivity contribution is -0.358. The van der Waals surface area contributed by atoms with Crippen LogP contribution in [-0.2, 0) is 18.9 Å². The molecule has 0 unspecified atom stereocenters. The summed E-state index contributed by atoms with van der Waals surface area (Å²) in [4.78, 5) is 24.8. The molecular formula is C20H18O7. The molecule has 2 atom stereocenters. The van der Waals surface area contributed by atoms with E-state index in [1.54, 1.807) is 60.7 Å². The van der Waals surface area contributed by atoms with Crippen molar-refractivity contribution in [2.24, 2.45) is 0 Å². The van der Waals surface area contributed by atoms with Gasteiger partial charge in [-0.2, -0.15) is 0 Å². The van der Waals surface area contributed by atoms with Gasteiger partial charge in [0.05, 0.1) is 24.3 Å². The minimum absolute atomic E-state index is 0.0448. The van der Waals surface area contributed by atoms with Gasteiger partial charge in [-0.05, 0) is 24.3 Å². The molecule has 2 aromatic rings. The smallest absolute Gasteiger partial charge is 0.338 e. The number of aliphatic hydroxyl groups excluding tert-OH is 1. The zero-order chi connectivity index (χ0) is 18.9. The molecular weight excluding hydrogens is 352 g/mol. The first-order valence-corrected chi connectivity index (χ1v) is 8.55. The van der Waals surface area contributed by atoms with E-state index in [2.05, 4.69) is 0 Å².